The third kappa shape index (κ3) is 5.31. The maximum Gasteiger partial charge on any atom is 0.252 e. The molecule has 4 aromatic rings. The van der Waals surface area contributed by atoms with Gasteiger partial charge in [-0.15, -0.1) is 5.10 Å². The molecule has 2 aromatic heterocycles. The third-order valence-corrected chi connectivity index (χ3v) is 6.61. The van der Waals surface area contributed by atoms with E-state index in [0.29, 0.717) is 37.6 Å². The number of benzene rings is 2. The van der Waals surface area contributed by atoms with Crippen molar-refractivity contribution in [2.75, 3.05) is 6.61 Å². The summed E-state index contributed by atoms with van der Waals surface area (Å²) in [5.41, 5.74) is 4.48. The Morgan fingerprint density at radius 2 is 1.91 bits per heavy atom. The zero-order valence-corrected chi connectivity index (χ0v) is 20.0. The van der Waals surface area contributed by atoms with Crippen molar-refractivity contribution >= 4 is 10.9 Å². The lowest BCUT2D eigenvalue weighted by molar-refractivity contribution is 0.0914. The zero-order valence-electron chi connectivity index (χ0n) is 20.0. The molecule has 0 saturated carbocycles. The third-order valence-electron chi connectivity index (χ3n) is 6.61. The van der Waals surface area contributed by atoms with Gasteiger partial charge in [-0.2, -0.15) is 0 Å². The van der Waals surface area contributed by atoms with Gasteiger partial charge in [0.1, 0.15) is 5.82 Å². The van der Waals surface area contributed by atoms with Gasteiger partial charge in [-0.25, -0.2) is 9.07 Å². The predicted octanol–water partition coefficient (Wildman–Crippen LogP) is 3.65. The van der Waals surface area contributed by atoms with Crippen molar-refractivity contribution in [2.45, 2.75) is 59.0 Å². The average Bonchev–Trinajstić information content (AvgIpc) is 3.51. The molecule has 0 aliphatic carbocycles. The summed E-state index contributed by atoms with van der Waals surface area (Å²) in [5, 5.41) is 13.3. The smallest absolute Gasteiger partial charge is 0.252 e. The average molecular weight is 477 g/mol. The maximum atomic E-state index is 13.5. The van der Waals surface area contributed by atoms with Crippen molar-refractivity contribution in [3.63, 3.8) is 0 Å². The molecule has 1 aliphatic heterocycles. The molecule has 3 heterocycles. The van der Waals surface area contributed by atoms with E-state index in [4.69, 9.17) is 4.74 Å². The van der Waals surface area contributed by atoms with Gasteiger partial charge in [0.15, 0.2) is 5.82 Å². The molecule has 35 heavy (non-hydrogen) atoms. The van der Waals surface area contributed by atoms with Crippen molar-refractivity contribution in [3.8, 4) is 0 Å². The molecule has 8 nitrogen and oxygen atoms in total. The summed E-state index contributed by atoms with van der Waals surface area (Å²) in [5.74, 6) is 0.421. The Balaban J connectivity index is 1.45. The van der Waals surface area contributed by atoms with Gasteiger partial charge < -0.3 is 9.72 Å². The molecule has 0 bridgehead atoms. The van der Waals surface area contributed by atoms with Crippen LogP contribution >= 0.6 is 0 Å². The fraction of sp³-hybridized carbons (Fsp3) is 0.385. The van der Waals surface area contributed by atoms with Gasteiger partial charge in [-0.05, 0) is 72.0 Å². The standard InChI is InChI=1S/C26H29FN6O2/c1-17-5-6-18(2)25-23(17)12-20(26(34)28-25)14-32(13-19-7-9-21(27)10-8-19)16-24-29-30-31-33(24)15-22-4-3-11-35-22/h5-10,12,22H,3-4,11,13-16H2,1-2H3,(H,28,34)/t22-/m1/s1. The van der Waals surface area contributed by atoms with E-state index in [2.05, 4.69) is 31.5 Å². The van der Waals surface area contributed by atoms with Gasteiger partial charge >= 0.3 is 0 Å². The van der Waals surface area contributed by atoms with Crippen LogP contribution in [-0.4, -0.2) is 42.8 Å². The van der Waals surface area contributed by atoms with E-state index in [1.807, 2.05) is 26.0 Å². The first-order chi connectivity index (χ1) is 17.0. The summed E-state index contributed by atoms with van der Waals surface area (Å²) in [4.78, 5) is 18.2. The number of rotatable bonds is 8. The highest BCUT2D eigenvalue weighted by molar-refractivity contribution is 5.85. The van der Waals surface area contributed by atoms with Gasteiger partial charge in [0.05, 0.1) is 24.7 Å². The van der Waals surface area contributed by atoms with Gasteiger partial charge in [-0.3, -0.25) is 9.69 Å². The number of nitrogens with zero attached hydrogens (tertiary/aromatic N) is 5. The van der Waals surface area contributed by atoms with Gasteiger partial charge in [0.2, 0.25) is 0 Å². The Hall–Kier alpha value is -3.43. The monoisotopic (exact) mass is 476 g/mol. The van der Waals surface area contributed by atoms with Crippen LogP contribution in [0.15, 0.2) is 47.3 Å². The second-order valence-electron chi connectivity index (χ2n) is 9.30. The summed E-state index contributed by atoms with van der Waals surface area (Å²) < 4.78 is 21.0. The van der Waals surface area contributed by atoms with Crippen LogP contribution < -0.4 is 5.56 Å². The first-order valence-corrected chi connectivity index (χ1v) is 11.9. The molecule has 2 aromatic carbocycles. The maximum absolute atomic E-state index is 13.5. The Bertz CT molecular complexity index is 1380. The van der Waals surface area contributed by atoms with Crippen LogP contribution in [0.1, 0.15) is 40.9 Å². The molecule has 1 N–H and O–H groups in total. The van der Waals surface area contributed by atoms with E-state index in [0.717, 1.165) is 47.0 Å². The number of aromatic nitrogens is 5. The van der Waals surface area contributed by atoms with Crippen molar-refractivity contribution in [2.24, 2.45) is 0 Å². The van der Waals surface area contributed by atoms with Gasteiger partial charge in [0.25, 0.3) is 5.56 Å². The normalized spacial score (nSPS) is 15.9. The number of hydrogen-bond donors (Lipinski definition) is 1. The summed E-state index contributed by atoms with van der Waals surface area (Å²) in [6.07, 6.45) is 2.14. The molecule has 9 heteroatoms. The highest BCUT2D eigenvalue weighted by atomic mass is 19.1. The van der Waals surface area contributed by atoms with E-state index < -0.39 is 0 Å². The van der Waals surface area contributed by atoms with Crippen LogP contribution in [0.4, 0.5) is 4.39 Å². The quantitative estimate of drug-likeness (QED) is 0.418. The molecule has 182 valence electrons. The van der Waals surface area contributed by atoms with Crippen molar-refractivity contribution in [1.29, 1.82) is 0 Å². The van der Waals surface area contributed by atoms with Crippen LogP contribution in [0, 0.1) is 19.7 Å². The van der Waals surface area contributed by atoms with Crippen molar-refractivity contribution in [3.05, 3.63) is 86.7 Å². The van der Waals surface area contributed by atoms with Crippen LogP contribution in [0.5, 0.6) is 0 Å². The lowest BCUT2D eigenvalue weighted by Crippen LogP contribution is -2.29. The van der Waals surface area contributed by atoms with Crippen LogP contribution in [-0.2, 0) is 30.9 Å². The number of ether oxygens (including phenoxy) is 1. The number of pyridine rings is 1. The number of aryl methyl sites for hydroxylation is 2. The zero-order chi connectivity index (χ0) is 24.4. The van der Waals surface area contributed by atoms with E-state index in [1.54, 1.807) is 16.8 Å². The molecule has 1 atom stereocenters. The number of halogens is 1. The van der Waals surface area contributed by atoms with Crippen LogP contribution in [0.2, 0.25) is 0 Å². The minimum atomic E-state index is -0.280. The molecular weight excluding hydrogens is 447 g/mol. The van der Waals surface area contributed by atoms with Crippen LogP contribution in [0.25, 0.3) is 10.9 Å². The molecule has 1 aliphatic rings. The fourth-order valence-corrected chi connectivity index (χ4v) is 4.65. The highest BCUT2D eigenvalue weighted by Gasteiger charge is 2.21. The van der Waals surface area contributed by atoms with Crippen LogP contribution in [0.3, 0.4) is 0 Å². The van der Waals surface area contributed by atoms with Gasteiger partial charge in [-0.1, -0.05) is 24.3 Å². The lowest BCUT2D eigenvalue weighted by atomic mass is 10.0. The van der Waals surface area contributed by atoms with Crippen molar-refractivity contribution < 1.29 is 9.13 Å². The second kappa shape index (κ2) is 10.1. The van der Waals surface area contributed by atoms with E-state index in [1.165, 1.54) is 12.1 Å². The minimum Gasteiger partial charge on any atom is -0.376 e. The first-order valence-electron chi connectivity index (χ1n) is 11.9. The molecule has 0 unspecified atom stereocenters. The molecule has 0 spiro atoms. The second-order valence-corrected chi connectivity index (χ2v) is 9.30. The fourth-order valence-electron chi connectivity index (χ4n) is 4.65. The lowest BCUT2D eigenvalue weighted by Gasteiger charge is -2.22. The van der Waals surface area contributed by atoms with E-state index in [9.17, 15) is 9.18 Å². The summed E-state index contributed by atoms with van der Waals surface area (Å²) >= 11 is 0. The molecular formula is C26H29FN6O2. The van der Waals surface area contributed by atoms with E-state index in [-0.39, 0.29) is 17.5 Å². The number of nitrogens with one attached hydrogen (secondary N) is 1. The Kier molecular flexibility index (Phi) is 6.70. The predicted molar refractivity (Wildman–Crippen MR) is 130 cm³/mol. The molecule has 1 fully saturated rings. The number of hydrogen-bond acceptors (Lipinski definition) is 6. The Labute approximate surface area is 202 Å². The number of aromatic amines is 1. The van der Waals surface area contributed by atoms with Crippen molar-refractivity contribution in [1.82, 2.24) is 30.1 Å². The van der Waals surface area contributed by atoms with Gasteiger partial charge in [0, 0.05) is 30.6 Å². The number of H-pyrrole nitrogens is 1. The topological polar surface area (TPSA) is 88.9 Å². The Morgan fingerprint density at radius 1 is 1.11 bits per heavy atom. The number of fused-ring (bicyclic) bond motifs is 1. The number of tetrazole rings is 1. The largest absolute Gasteiger partial charge is 0.376 e. The minimum absolute atomic E-state index is 0.109. The van der Waals surface area contributed by atoms with E-state index >= 15 is 0 Å². The highest BCUT2D eigenvalue weighted by Crippen LogP contribution is 2.21. The first kappa shape index (κ1) is 23.3. The molecule has 5 rings (SSSR count). The summed E-state index contributed by atoms with van der Waals surface area (Å²) in [6.45, 7) is 6.73. The SMILES string of the molecule is Cc1ccc(C)c2[nH]c(=O)c(CN(Cc3ccc(F)cc3)Cc3nnnn3C[C@H]3CCCO3)cc12. The Morgan fingerprint density at radius 3 is 2.69 bits per heavy atom. The summed E-state index contributed by atoms with van der Waals surface area (Å²) in [7, 11) is 0. The molecule has 0 amide bonds. The molecule has 0 radical (unpaired) electrons. The molecule has 1 saturated heterocycles. The summed E-state index contributed by atoms with van der Waals surface area (Å²) in [6, 6.07) is 12.5.